The van der Waals surface area contributed by atoms with Crippen LogP contribution in [-0.2, 0) is 4.79 Å². The molecule has 9 heteroatoms. The van der Waals surface area contributed by atoms with Crippen LogP contribution in [0.5, 0.6) is 0 Å². The number of carbonyl (C=O) groups is 1. The molecule has 0 aliphatic rings. The first-order chi connectivity index (χ1) is 13.9. The molecule has 2 aromatic carbocycles. The van der Waals surface area contributed by atoms with Crippen LogP contribution in [0, 0.1) is 13.8 Å². The van der Waals surface area contributed by atoms with Gasteiger partial charge in [0, 0.05) is 5.69 Å². The maximum atomic E-state index is 12.7. The Morgan fingerprint density at radius 2 is 1.86 bits per heavy atom. The van der Waals surface area contributed by atoms with Gasteiger partial charge in [0.1, 0.15) is 5.82 Å². The molecule has 0 fully saturated rings. The summed E-state index contributed by atoms with van der Waals surface area (Å²) < 4.78 is 1.96. The summed E-state index contributed by atoms with van der Waals surface area (Å²) in [5, 5.41) is 11.6. The van der Waals surface area contributed by atoms with E-state index >= 15 is 0 Å². The van der Waals surface area contributed by atoms with E-state index in [0.717, 1.165) is 17.1 Å². The first kappa shape index (κ1) is 19.0. The van der Waals surface area contributed by atoms with Crippen LogP contribution >= 0.6 is 11.8 Å². The fraction of sp³-hybridized carbons (Fsp3) is 0.200. The molecule has 0 aliphatic heterocycles. The van der Waals surface area contributed by atoms with Crippen LogP contribution in [0.1, 0.15) is 18.3 Å². The van der Waals surface area contributed by atoms with E-state index in [4.69, 9.17) is 0 Å². The molecule has 0 spiro atoms. The Morgan fingerprint density at radius 3 is 2.66 bits per heavy atom. The highest BCUT2D eigenvalue weighted by Gasteiger charge is 2.20. The summed E-state index contributed by atoms with van der Waals surface area (Å²) in [5.74, 6) is 0.598. The van der Waals surface area contributed by atoms with E-state index in [1.165, 1.54) is 11.8 Å². The fourth-order valence-corrected chi connectivity index (χ4v) is 3.98. The number of amides is 1. The number of rotatable bonds is 5. The molecule has 2 aromatic heterocycles. The predicted molar refractivity (Wildman–Crippen MR) is 114 cm³/mol. The number of para-hydroxylation sites is 1. The van der Waals surface area contributed by atoms with Gasteiger partial charge in [0.15, 0.2) is 5.16 Å². The molecule has 1 unspecified atom stereocenters. The number of fused-ring (bicyclic) bond motifs is 1. The smallest absolute Gasteiger partial charge is 0.323 e. The summed E-state index contributed by atoms with van der Waals surface area (Å²) in [4.78, 5) is 29.5. The minimum absolute atomic E-state index is 0.163. The quantitative estimate of drug-likeness (QED) is 0.440. The Labute approximate surface area is 170 Å². The molecule has 1 amide bonds. The van der Waals surface area contributed by atoms with Crippen LogP contribution in [0.3, 0.4) is 0 Å². The largest absolute Gasteiger partial charge is 0.325 e. The fourth-order valence-electron chi connectivity index (χ4n) is 3.08. The molecule has 8 nitrogen and oxygen atoms in total. The molecule has 3 N–H and O–H groups in total. The van der Waals surface area contributed by atoms with Crippen LogP contribution in [0.4, 0.5) is 5.69 Å². The van der Waals surface area contributed by atoms with Crippen molar-refractivity contribution in [1.29, 1.82) is 0 Å². The third-order valence-corrected chi connectivity index (χ3v) is 5.63. The third-order valence-electron chi connectivity index (χ3n) is 4.59. The summed E-state index contributed by atoms with van der Waals surface area (Å²) in [6.45, 7) is 5.74. The van der Waals surface area contributed by atoms with Gasteiger partial charge in [0.2, 0.25) is 5.91 Å². The molecular formula is C20H20N6O2S. The molecule has 0 aliphatic carbocycles. The van der Waals surface area contributed by atoms with Crippen molar-refractivity contribution in [2.24, 2.45) is 0 Å². The highest BCUT2D eigenvalue weighted by atomic mass is 32.2. The normalized spacial score (nSPS) is 12.2. The molecule has 4 aromatic rings. The second-order valence-corrected chi connectivity index (χ2v) is 8.05. The number of aromatic amines is 2. The van der Waals surface area contributed by atoms with Crippen molar-refractivity contribution >= 4 is 34.4 Å². The van der Waals surface area contributed by atoms with Crippen molar-refractivity contribution in [3.05, 3.63) is 64.3 Å². The summed E-state index contributed by atoms with van der Waals surface area (Å²) >= 11 is 1.34. The number of nitrogens with zero attached hydrogens (tertiary/aromatic N) is 3. The number of carbonyl (C=O) groups excluding carboxylic acids is 1. The number of benzene rings is 2. The van der Waals surface area contributed by atoms with Crippen LogP contribution in [-0.4, -0.2) is 35.9 Å². The van der Waals surface area contributed by atoms with Gasteiger partial charge in [-0.25, -0.2) is 4.79 Å². The van der Waals surface area contributed by atoms with Crippen LogP contribution in [0.15, 0.2) is 52.4 Å². The number of hydrogen-bond acceptors (Lipinski definition) is 5. The third kappa shape index (κ3) is 3.81. The Hall–Kier alpha value is -3.33. The van der Waals surface area contributed by atoms with Crippen molar-refractivity contribution in [3.63, 3.8) is 0 Å². The molecule has 29 heavy (non-hydrogen) atoms. The number of aryl methyl sites for hydroxylation is 2. The lowest BCUT2D eigenvalue weighted by atomic mass is 10.2. The topological polar surface area (TPSA) is 108 Å². The van der Waals surface area contributed by atoms with Gasteiger partial charge in [-0.05, 0) is 50.6 Å². The molecule has 0 saturated heterocycles. The molecular weight excluding hydrogens is 388 g/mol. The SMILES string of the molecule is Cc1ccccc1-n1c(C)nnc1SC(C)C(=O)Nc1ccc2[nH]c(=O)[nH]c2c1. The Morgan fingerprint density at radius 1 is 1.10 bits per heavy atom. The summed E-state index contributed by atoms with van der Waals surface area (Å²) in [6.07, 6.45) is 0. The van der Waals surface area contributed by atoms with Crippen LogP contribution in [0.2, 0.25) is 0 Å². The lowest BCUT2D eigenvalue weighted by Gasteiger charge is -2.14. The average molecular weight is 408 g/mol. The van der Waals surface area contributed by atoms with Gasteiger partial charge in [-0.3, -0.25) is 9.36 Å². The number of nitrogens with one attached hydrogen (secondary N) is 3. The number of anilines is 1. The van der Waals surface area contributed by atoms with E-state index in [0.29, 0.717) is 21.9 Å². The molecule has 148 valence electrons. The highest BCUT2D eigenvalue weighted by molar-refractivity contribution is 8.00. The van der Waals surface area contributed by atoms with Crippen molar-refractivity contribution in [2.45, 2.75) is 31.2 Å². The number of thioether (sulfide) groups is 1. The molecule has 0 bridgehead atoms. The molecule has 2 heterocycles. The zero-order chi connectivity index (χ0) is 20.5. The van der Waals surface area contributed by atoms with E-state index in [2.05, 4.69) is 25.5 Å². The maximum Gasteiger partial charge on any atom is 0.323 e. The number of H-pyrrole nitrogens is 2. The van der Waals surface area contributed by atoms with Gasteiger partial charge in [-0.15, -0.1) is 10.2 Å². The predicted octanol–water partition coefficient (Wildman–Crippen LogP) is 3.17. The monoisotopic (exact) mass is 408 g/mol. The molecule has 1 atom stereocenters. The van der Waals surface area contributed by atoms with Crippen molar-refractivity contribution < 1.29 is 4.79 Å². The second-order valence-electron chi connectivity index (χ2n) is 6.74. The van der Waals surface area contributed by atoms with Gasteiger partial charge in [0.05, 0.1) is 22.0 Å². The standard InChI is InChI=1S/C20H20N6O2S/c1-11-6-4-5-7-17(11)26-13(3)24-25-20(26)29-12(2)18(27)21-14-8-9-15-16(10-14)23-19(28)22-15/h4-10,12H,1-3H3,(H,21,27)(H2,22,23,28). The van der Waals surface area contributed by atoms with Gasteiger partial charge >= 0.3 is 5.69 Å². The summed E-state index contributed by atoms with van der Waals surface area (Å²) in [6, 6.07) is 13.2. The first-order valence-corrected chi connectivity index (χ1v) is 9.98. The van der Waals surface area contributed by atoms with Gasteiger partial charge in [-0.1, -0.05) is 30.0 Å². The molecule has 0 saturated carbocycles. The zero-order valence-corrected chi connectivity index (χ0v) is 17.0. The van der Waals surface area contributed by atoms with E-state index in [1.807, 2.05) is 49.6 Å². The number of aromatic nitrogens is 5. The van der Waals surface area contributed by atoms with E-state index in [9.17, 15) is 9.59 Å². The minimum atomic E-state index is -0.401. The van der Waals surface area contributed by atoms with Crippen molar-refractivity contribution in [1.82, 2.24) is 24.7 Å². The zero-order valence-electron chi connectivity index (χ0n) is 16.2. The van der Waals surface area contributed by atoms with E-state index < -0.39 is 5.25 Å². The Bertz CT molecular complexity index is 1260. The van der Waals surface area contributed by atoms with Crippen LogP contribution in [0.25, 0.3) is 16.7 Å². The highest BCUT2D eigenvalue weighted by Crippen LogP contribution is 2.27. The van der Waals surface area contributed by atoms with Gasteiger partial charge in [-0.2, -0.15) is 0 Å². The lowest BCUT2D eigenvalue weighted by Crippen LogP contribution is -2.23. The molecule has 4 rings (SSSR count). The Balaban J connectivity index is 1.53. The molecule has 0 radical (unpaired) electrons. The average Bonchev–Trinajstić information content (AvgIpc) is 3.23. The maximum absolute atomic E-state index is 12.7. The summed E-state index contributed by atoms with van der Waals surface area (Å²) in [7, 11) is 0. The van der Waals surface area contributed by atoms with Gasteiger partial charge < -0.3 is 15.3 Å². The van der Waals surface area contributed by atoms with Gasteiger partial charge in [0.25, 0.3) is 0 Å². The summed E-state index contributed by atoms with van der Waals surface area (Å²) in [5.41, 5.74) is 3.76. The van der Waals surface area contributed by atoms with Crippen molar-refractivity contribution in [3.8, 4) is 5.69 Å². The second kappa shape index (κ2) is 7.59. The first-order valence-electron chi connectivity index (χ1n) is 9.10. The van der Waals surface area contributed by atoms with Crippen LogP contribution < -0.4 is 11.0 Å². The van der Waals surface area contributed by atoms with E-state index in [1.54, 1.807) is 18.2 Å². The van der Waals surface area contributed by atoms with Crippen molar-refractivity contribution in [2.75, 3.05) is 5.32 Å². The van der Waals surface area contributed by atoms with E-state index in [-0.39, 0.29) is 11.6 Å². The number of imidazole rings is 1. The Kier molecular flexibility index (Phi) is 4.98. The lowest BCUT2D eigenvalue weighted by molar-refractivity contribution is -0.115. The minimum Gasteiger partial charge on any atom is -0.325 e. The number of hydrogen-bond donors (Lipinski definition) is 3.